The lowest BCUT2D eigenvalue weighted by molar-refractivity contribution is -0.137. The van der Waals surface area contributed by atoms with E-state index in [1.54, 1.807) is 0 Å². The largest absolute Gasteiger partial charge is 0.448 e. The van der Waals surface area contributed by atoms with Crippen molar-refractivity contribution in [3.8, 4) is 17.2 Å². The van der Waals surface area contributed by atoms with Gasteiger partial charge in [0.05, 0.1) is 22.9 Å². The molecule has 0 spiro atoms. The Labute approximate surface area is 184 Å². The molecule has 1 aliphatic rings. The summed E-state index contributed by atoms with van der Waals surface area (Å²) in [5.41, 5.74) is 2.37. The van der Waals surface area contributed by atoms with Crippen molar-refractivity contribution in [2.75, 3.05) is 11.9 Å². The van der Waals surface area contributed by atoms with Crippen LogP contribution in [0.4, 0.5) is 23.7 Å². The summed E-state index contributed by atoms with van der Waals surface area (Å²) in [5.74, 6) is -0.173. The molecule has 1 N–H and O–H groups in total. The van der Waals surface area contributed by atoms with Crippen LogP contribution in [0.3, 0.4) is 0 Å². The second-order valence-corrected chi connectivity index (χ2v) is 7.79. The number of ether oxygens (including phenoxy) is 1. The van der Waals surface area contributed by atoms with Crippen LogP contribution in [0.2, 0.25) is 0 Å². The summed E-state index contributed by atoms with van der Waals surface area (Å²) >= 11 is 3.09. The molecule has 8 heteroatoms. The van der Waals surface area contributed by atoms with Crippen molar-refractivity contribution in [2.24, 2.45) is 0 Å². The normalized spacial score (nSPS) is 12.6. The van der Waals surface area contributed by atoms with E-state index in [0.717, 1.165) is 28.3 Å². The Morgan fingerprint density at radius 1 is 1.06 bits per heavy atom. The summed E-state index contributed by atoms with van der Waals surface area (Å²) in [4.78, 5) is 12.4. The average molecular weight is 487 g/mol. The summed E-state index contributed by atoms with van der Waals surface area (Å²) in [6.45, 7) is 0.0277. The van der Waals surface area contributed by atoms with Gasteiger partial charge in [0.15, 0.2) is 0 Å². The van der Waals surface area contributed by atoms with Crippen LogP contribution in [-0.4, -0.2) is 12.7 Å². The summed E-state index contributed by atoms with van der Waals surface area (Å²) in [7, 11) is 0. The zero-order chi connectivity index (χ0) is 22.2. The van der Waals surface area contributed by atoms with Crippen LogP contribution in [0.5, 0.6) is 0 Å². The lowest BCUT2D eigenvalue weighted by atomic mass is 9.98. The molecule has 0 aliphatic heterocycles. The van der Waals surface area contributed by atoms with Crippen LogP contribution < -0.4 is 5.32 Å². The van der Waals surface area contributed by atoms with E-state index in [0.29, 0.717) is 6.07 Å². The van der Waals surface area contributed by atoms with Gasteiger partial charge >= 0.3 is 12.3 Å². The first-order chi connectivity index (χ1) is 14.8. The lowest BCUT2D eigenvalue weighted by Crippen LogP contribution is -2.19. The minimum Gasteiger partial charge on any atom is -0.448 e. The molecule has 1 amide bonds. The number of fused-ring (bicyclic) bond motifs is 3. The molecule has 0 bridgehead atoms. The van der Waals surface area contributed by atoms with E-state index in [1.807, 2.05) is 48.5 Å². The Balaban J connectivity index is 1.53. The van der Waals surface area contributed by atoms with Crippen LogP contribution in [0, 0.1) is 11.3 Å². The molecule has 156 valence electrons. The molecule has 3 aromatic rings. The van der Waals surface area contributed by atoms with E-state index < -0.39 is 23.4 Å². The van der Waals surface area contributed by atoms with Gasteiger partial charge in [-0.05, 0) is 50.3 Å². The number of nitrogens with zero attached hydrogens (tertiary/aromatic N) is 1. The molecule has 4 rings (SSSR count). The molecule has 0 unspecified atom stereocenters. The van der Waals surface area contributed by atoms with Crippen LogP contribution in [-0.2, 0) is 10.9 Å². The van der Waals surface area contributed by atoms with Gasteiger partial charge < -0.3 is 4.74 Å². The Hall–Kier alpha value is -3.31. The molecule has 0 atom stereocenters. The SMILES string of the molecule is N#Cc1cc(Br)c(NC(=O)OCC2c3ccccc3-c3ccccc32)cc1C(F)(F)F. The standard InChI is InChI=1S/C23H14BrF3N2O2/c24-20-9-13(11-28)19(23(25,26)27)10-21(20)29-22(30)31-12-18-16-7-3-1-5-14(16)15-6-2-4-8-17(15)18/h1-10,18H,12H2,(H,29,30). The second-order valence-electron chi connectivity index (χ2n) is 6.94. The van der Waals surface area contributed by atoms with Crippen molar-refractivity contribution >= 4 is 27.7 Å². The third-order valence-electron chi connectivity index (χ3n) is 5.11. The Bertz CT molecular complexity index is 1170. The van der Waals surface area contributed by atoms with Gasteiger partial charge in [0.1, 0.15) is 6.61 Å². The van der Waals surface area contributed by atoms with Gasteiger partial charge in [-0.15, -0.1) is 0 Å². The van der Waals surface area contributed by atoms with Crippen molar-refractivity contribution in [1.82, 2.24) is 0 Å². The number of nitriles is 1. The van der Waals surface area contributed by atoms with Crippen LogP contribution in [0.15, 0.2) is 65.1 Å². The number of amides is 1. The summed E-state index contributed by atoms with van der Waals surface area (Å²) in [6.07, 6.45) is -5.62. The fourth-order valence-corrected chi connectivity index (χ4v) is 4.18. The van der Waals surface area contributed by atoms with E-state index in [1.165, 1.54) is 6.07 Å². The first kappa shape index (κ1) is 20.9. The Morgan fingerprint density at radius 3 is 2.19 bits per heavy atom. The zero-order valence-corrected chi connectivity index (χ0v) is 17.4. The molecule has 0 radical (unpaired) electrons. The number of alkyl halides is 3. The van der Waals surface area contributed by atoms with E-state index in [4.69, 9.17) is 10.00 Å². The maximum Gasteiger partial charge on any atom is 0.417 e. The first-order valence-corrected chi connectivity index (χ1v) is 10.0. The van der Waals surface area contributed by atoms with Crippen LogP contribution in [0.25, 0.3) is 11.1 Å². The quantitative estimate of drug-likeness (QED) is 0.447. The third kappa shape index (κ3) is 4.01. The number of rotatable bonds is 3. The van der Waals surface area contributed by atoms with Gasteiger partial charge in [-0.2, -0.15) is 18.4 Å². The van der Waals surface area contributed by atoms with Crippen molar-refractivity contribution in [1.29, 1.82) is 5.26 Å². The number of anilines is 1. The molecule has 4 nitrogen and oxygen atoms in total. The van der Waals surface area contributed by atoms with Crippen molar-refractivity contribution in [3.05, 3.63) is 87.4 Å². The van der Waals surface area contributed by atoms with Crippen molar-refractivity contribution < 1.29 is 22.7 Å². The predicted molar refractivity (Wildman–Crippen MR) is 113 cm³/mol. The fourth-order valence-electron chi connectivity index (χ4n) is 3.74. The topological polar surface area (TPSA) is 62.1 Å². The number of hydrogen-bond acceptors (Lipinski definition) is 3. The average Bonchev–Trinajstić information content (AvgIpc) is 3.06. The number of benzene rings is 3. The fraction of sp³-hybridized carbons (Fsp3) is 0.130. The summed E-state index contributed by atoms with van der Waals surface area (Å²) < 4.78 is 45.1. The van der Waals surface area contributed by atoms with Crippen LogP contribution in [0.1, 0.15) is 28.2 Å². The molecule has 0 heterocycles. The van der Waals surface area contributed by atoms with E-state index in [2.05, 4.69) is 21.2 Å². The van der Waals surface area contributed by atoms with Gasteiger partial charge in [-0.25, -0.2) is 4.79 Å². The van der Waals surface area contributed by atoms with E-state index >= 15 is 0 Å². The third-order valence-corrected chi connectivity index (χ3v) is 5.77. The monoisotopic (exact) mass is 486 g/mol. The minimum atomic E-state index is -4.73. The molecular formula is C23H14BrF3N2O2. The highest BCUT2D eigenvalue weighted by molar-refractivity contribution is 9.10. The van der Waals surface area contributed by atoms with Gasteiger partial charge in [-0.3, -0.25) is 5.32 Å². The van der Waals surface area contributed by atoms with Crippen molar-refractivity contribution in [2.45, 2.75) is 12.1 Å². The Kier molecular flexibility index (Phi) is 5.46. The molecule has 0 saturated heterocycles. The van der Waals surface area contributed by atoms with Crippen molar-refractivity contribution in [3.63, 3.8) is 0 Å². The van der Waals surface area contributed by atoms with E-state index in [9.17, 15) is 18.0 Å². The van der Waals surface area contributed by atoms with E-state index in [-0.39, 0.29) is 22.7 Å². The predicted octanol–water partition coefficient (Wildman–Crippen LogP) is 6.70. The molecule has 0 saturated carbocycles. The maximum atomic E-state index is 13.2. The first-order valence-electron chi connectivity index (χ1n) is 9.22. The Morgan fingerprint density at radius 2 is 1.65 bits per heavy atom. The number of nitrogens with one attached hydrogen (secondary N) is 1. The number of carbonyl (C=O) groups is 1. The molecule has 31 heavy (non-hydrogen) atoms. The molecule has 0 fully saturated rings. The van der Waals surface area contributed by atoms with Gasteiger partial charge in [0, 0.05) is 10.4 Å². The van der Waals surface area contributed by atoms with Gasteiger partial charge in [0.25, 0.3) is 0 Å². The number of halogens is 4. The highest BCUT2D eigenvalue weighted by Gasteiger charge is 2.35. The smallest absolute Gasteiger partial charge is 0.417 e. The lowest BCUT2D eigenvalue weighted by Gasteiger charge is -2.16. The minimum absolute atomic E-state index is 0.0277. The molecule has 0 aromatic heterocycles. The van der Waals surface area contributed by atoms with Gasteiger partial charge in [-0.1, -0.05) is 48.5 Å². The van der Waals surface area contributed by atoms with Crippen LogP contribution >= 0.6 is 15.9 Å². The molecule has 1 aliphatic carbocycles. The highest BCUT2D eigenvalue weighted by Crippen LogP contribution is 2.44. The summed E-state index contributed by atoms with van der Waals surface area (Å²) in [5, 5.41) is 11.3. The zero-order valence-electron chi connectivity index (χ0n) is 15.8. The second kappa shape index (κ2) is 8.08. The molecule has 3 aromatic carbocycles. The maximum absolute atomic E-state index is 13.2. The van der Waals surface area contributed by atoms with Gasteiger partial charge in [0.2, 0.25) is 0 Å². The number of hydrogen-bond donors (Lipinski definition) is 1. The summed E-state index contributed by atoms with van der Waals surface area (Å²) in [6, 6.07) is 18.9. The highest BCUT2D eigenvalue weighted by atomic mass is 79.9. The molecular weight excluding hydrogens is 473 g/mol. The number of carbonyl (C=O) groups excluding carboxylic acids is 1.